The van der Waals surface area contributed by atoms with Crippen LogP contribution in [0.1, 0.15) is 30.3 Å². The maximum absolute atomic E-state index is 13.3. The van der Waals surface area contributed by atoms with E-state index in [1.807, 2.05) is 0 Å². The number of halogens is 5. The Balaban J connectivity index is 2.60. The molecule has 1 heterocycles. The van der Waals surface area contributed by atoms with E-state index >= 15 is 0 Å². The van der Waals surface area contributed by atoms with E-state index in [-0.39, 0.29) is 23.4 Å². The fourth-order valence-electron chi connectivity index (χ4n) is 2.11. The average Bonchev–Trinajstić information content (AvgIpc) is 2.53. The van der Waals surface area contributed by atoms with E-state index in [4.69, 9.17) is 0 Å². The van der Waals surface area contributed by atoms with Gasteiger partial charge in [0.2, 0.25) is 0 Å². The molecule has 7 heteroatoms. The predicted molar refractivity (Wildman–Crippen MR) is 55.2 cm³/mol. The first kappa shape index (κ1) is 13.0. The average molecular weight is 266 g/mol. The van der Waals surface area contributed by atoms with Crippen LogP contribution in [0.5, 0.6) is 0 Å². The summed E-state index contributed by atoms with van der Waals surface area (Å²) in [6.45, 7) is 4.90. The van der Waals surface area contributed by atoms with Crippen molar-refractivity contribution in [3.63, 3.8) is 0 Å². The van der Waals surface area contributed by atoms with E-state index in [0.717, 1.165) is 4.68 Å². The lowest BCUT2D eigenvalue weighted by Gasteiger charge is -2.23. The number of nitrogens with zero attached hydrogens (tertiary/aromatic N) is 2. The molecule has 0 atom stereocenters. The summed E-state index contributed by atoms with van der Waals surface area (Å²) in [6.07, 6.45) is -6.24. The molecule has 0 aliphatic heterocycles. The van der Waals surface area contributed by atoms with Crippen LogP contribution in [0.4, 0.5) is 22.0 Å². The van der Waals surface area contributed by atoms with Gasteiger partial charge in [-0.25, -0.2) is 13.5 Å². The van der Waals surface area contributed by atoms with Crippen molar-refractivity contribution in [2.45, 2.75) is 38.3 Å². The van der Waals surface area contributed by atoms with Gasteiger partial charge >= 0.3 is 6.18 Å². The van der Waals surface area contributed by atoms with Crippen LogP contribution in [-0.4, -0.2) is 15.7 Å². The smallest absolute Gasteiger partial charge is 0.242 e. The first-order valence-electron chi connectivity index (χ1n) is 5.33. The highest BCUT2D eigenvalue weighted by molar-refractivity contribution is 5.44. The van der Waals surface area contributed by atoms with Gasteiger partial charge in [-0.3, -0.25) is 0 Å². The number of hydrogen-bond donors (Lipinski definition) is 0. The predicted octanol–water partition coefficient (Wildman–Crippen LogP) is 3.52. The Hall–Kier alpha value is -1.40. The largest absolute Gasteiger partial charge is 0.435 e. The second-order valence-corrected chi connectivity index (χ2v) is 4.45. The van der Waals surface area contributed by atoms with Crippen molar-refractivity contribution in [3.05, 3.63) is 23.5 Å². The molecule has 2 rings (SSSR count). The molecule has 0 saturated heterocycles. The minimum Gasteiger partial charge on any atom is -0.242 e. The highest BCUT2D eigenvalue weighted by Crippen LogP contribution is 2.40. The highest BCUT2D eigenvalue weighted by atomic mass is 19.4. The van der Waals surface area contributed by atoms with E-state index in [1.165, 1.54) is 6.92 Å². The Morgan fingerprint density at radius 2 is 2.00 bits per heavy atom. The van der Waals surface area contributed by atoms with Gasteiger partial charge < -0.3 is 0 Å². The zero-order chi connectivity index (χ0) is 13.7. The summed E-state index contributed by atoms with van der Waals surface area (Å²) in [4.78, 5) is 0. The molecule has 0 bridgehead atoms. The molecule has 2 nitrogen and oxygen atoms in total. The summed E-state index contributed by atoms with van der Waals surface area (Å²) in [5.74, 6) is -2.98. The first-order valence-corrected chi connectivity index (χ1v) is 5.33. The Morgan fingerprint density at radius 3 is 2.50 bits per heavy atom. The third-order valence-electron chi connectivity index (χ3n) is 2.89. The van der Waals surface area contributed by atoms with E-state index in [1.54, 1.807) is 0 Å². The molecule has 0 amide bonds. The Labute approximate surface area is 100 Å². The van der Waals surface area contributed by atoms with Crippen LogP contribution in [0.3, 0.4) is 0 Å². The summed E-state index contributed by atoms with van der Waals surface area (Å²) in [5.41, 5.74) is -1.09. The third kappa shape index (κ3) is 2.13. The summed E-state index contributed by atoms with van der Waals surface area (Å²) >= 11 is 0. The van der Waals surface area contributed by atoms with E-state index < -0.39 is 30.6 Å². The molecule has 1 aromatic rings. The normalized spacial score (nSPS) is 18.6. The van der Waals surface area contributed by atoms with Crippen LogP contribution in [0.25, 0.3) is 5.70 Å². The monoisotopic (exact) mass is 266 g/mol. The summed E-state index contributed by atoms with van der Waals surface area (Å²) in [6, 6.07) is 0. The fraction of sp³-hybridized carbons (Fsp3) is 0.545. The SMILES string of the molecule is C=C(C)n1nc(C(F)(F)F)c2c1CC(F)(F)CC2. The zero-order valence-electron chi connectivity index (χ0n) is 9.61. The molecule has 0 radical (unpaired) electrons. The second kappa shape index (κ2) is 3.80. The topological polar surface area (TPSA) is 17.8 Å². The van der Waals surface area contributed by atoms with Crippen LogP contribution in [0, 0.1) is 0 Å². The zero-order valence-corrected chi connectivity index (χ0v) is 9.61. The van der Waals surface area contributed by atoms with Crippen molar-refractivity contribution in [3.8, 4) is 0 Å². The van der Waals surface area contributed by atoms with Crippen LogP contribution < -0.4 is 0 Å². The van der Waals surface area contributed by atoms with Gasteiger partial charge in [-0.2, -0.15) is 18.3 Å². The highest BCUT2D eigenvalue weighted by Gasteiger charge is 2.44. The van der Waals surface area contributed by atoms with Crippen LogP contribution in [0.2, 0.25) is 0 Å². The van der Waals surface area contributed by atoms with Crippen LogP contribution >= 0.6 is 0 Å². The number of alkyl halides is 5. The summed E-state index contributed by atoms with van der Waals surface area (Å²) < 4.78 is 65.7. The molecule has 1 aromatic heterocycles. The van der Waals surface area contributed by atoms with Crippen molar-refractivity contribution in [2.75, 3.05) is 0 Å². The number of rotatable bonds is 1. The minimum absolute atomic E-state index is 0.0777. The lowest BCUT2D eigenvalue weighted by molar-refractivity contribution is -0.142. The maximum Gasteiger partial charge on any atom is 0.435 e. The van der Waals surface area contributed by atoms with Gasteiger partial charge in [-0.05, 0) is 13.3 Å². The molecule has 0 spiro atoms. The number of fused-ring (bicyclic) bond motifs is 1. The number of hydrogen-bond acceptors (Lipinski definition) is 1. The molecule has 0 aromatic carbocycles. The van der Waals surface area contributed by atoms with Crippen molar-refractivity contribution < 1.29 is 22.0 Å². The summed E-state index contributed by atoms with van der Waals surface area (Å²) in [5, 5.41) is 3.39. The van der Waals surface area contributed by atoms with E-state index in [9.17, 15) is 22.0 Å². The molecule has 100 valence electrons. The van der Waals surface area contributed by atoms with Gasteiger partial charge in [0.1, 0.15) is 0 Å². The van der Waals surface area contributed by atoms with Crippen molar-refractivity contribution in [2.24, 2.45) is 0 Å². The van der Waals surface area contributed by atoms with Crippen molar-refractivity contribution in [1.82, 2.24) is 9.78 Å². The quantitative estimate of drug-likeness (QED) is 0.711. The molecule has 0 N–H and O–H groups in total. The Bertz CT molecular complexity index is 498. The maximum atomic E-state index is 13.3. The van der Waals surface area contributed by atoms with Crippen LogP contribution in [0.15, 0.2) is 6.58 Å². The molecule has 18 heavy (non-hydrogen) atoms. The van der Waals surface area contributed by atoms with Gasteiger partial charge in [0.05, 0.1) is 12.1 Å². The molecular weight excluding hydrogens is 255 g/mol. The standard InChI is InChI=1S/C11H11F5N2/c1-6(2)18-8-5-10(12,13)4-3-7(8)9(17-18)11(14,15)16/h1,3-5H2,2H3. The molecule has 1 aliphatic carbocycles. The molecule has 0 unspecified atom stereocenters. The molecule has 0 fully saturated rings. The lowest BCUT2D eigenvalue weighted by Crippen LogP contribution is -2.27. The lowest BCUT2D eigenvalue weighted by atomic mass is 9.92. The summed E-state index contributed by atoms with van der Waals surface area (Å²) in [7, 11) is 0. The van der Waals surface area contributed by atoms with Crippen LogP contribution in [-0.2, 0) is 19.0 Å². The van der Waals surface area contributed by atoms with Crippen molar-refractivity contribution >= 4 is 5.70 Å². The first-order chi connectivity index (χ1) is 8.12. The number of aromatic nitrogens is 2. The molecule has 1 aliphatic rings. The van der Waals surface area contributed by atoms with Crippen molar-refractivity contribution in [1.29, 1.82) is 0 Å². The van der Waals surface area contributed by atoms with Gasteiger partial charge in [-0.1, -0.05) is 6.58 Å². The van der Waals surface area contributed by atoms with Gasteiger partial charge in [-0.15, -0.1) is 0 Å². The Kier molecular flexibility index (Phi) is 2.75. The fourth-order valence-corrected chi connectivity index (χ4v) is 2.11. The van der Waals surface area contributed by atoms with Gasteiger partial charge in [0.25, 0.3) is 5.92 Å². The third-order valence-corrected chi connectivity index (χ3v) is 2.89. The van der Waals surface area contributed by atoms with E-state index in [2.05, 4.69) is 11.7 Å². The van der Waals surface area contributed by atoms with Gasteiger partial charge in [0.15, 0.2) is 5.69 Å². The minimum atomic E-state index is -4.63. The molecule has 0 saturated carbocycles. The van der Waals surface area contributed by atoms with E-state index in [0.29, 0.717) is 0 Å². The number of allylic oxidation sites excluding steroid dienone is 1. The Morgan fingerprint density at radius 1 is 1.39 bits per heavy atom. The second-order valence-electron chi connectivity index (χ2n) is 4.45. The van der Waals surface area contributed by atoms with Gasteiger partial charge in [0, 0.05) is 17.7 Å². The molecular formula is C11H11F5N2.